The molecular weight excluding hydrogens is 348 g/mol. The molecule has 3 aromatic rings. The Hall–Kier alpha value is -2.49. The molecule has 2 aliphatic rings. The second-order valence-corrected chi connectivity index (χ2v) is 8.42. The summed E-state index contributed by atoms with van der Waals surface area (Å²) >= 11 is 0. The van der Waals surface area contributed by atoms with Gasteiger partial charge in [0.25, 0.3) is 0 Å². The van der Waals surface area contributed by atoms with E-state index in [0.29, 0.717) is 12.5 Å². The van der Waals surface area contributed by atoms with Crippen molar-refractivity contribution < 1.29 is 9.53 Å². The number of carbonyl (C=O) groups excluding carboxylic acids is 1. The van der Waals surface area contributed by atoms with Crippen LogP contribution < -0.4 is 4.74 Å². The lowest BCUT2D eigenvalue weighted by Gasteiger charge is -2.41. The molecule has 0 unspecified atom stereocenters. The fraction of sp³-hybridized carbons (Fsp3) is 0.458. The summed E-state index contributed by atoms with van der Waals surface area (Å²) in [6, 6.07) is 14.5. The van der Waals surface area contributed by atoms with Gasteiger partial charge in [0.05, 0.1) is 12.6 Å². The minimum atomic E-state index is 0.245. The number of nitrogens with zero attached hydrogens (tertiary/aromatic N) is 2. The molecule has 2 heterocycles. The molecule has 1 aliphatic heterocycles. The molecule has 5 rings (SSSR count). The fourth-order valence-electron chi connectivity index (χ4n) is 5.39. The first-order valence-electron chi connectivity index (χ1n) is 10.6. The zero-order valence-corrected chi connectivity index (χ0v) is 16.6. The topological polar surface area (TPSA) is 34.5 Å². The number of benzene rings is 2. The molecule has 1 aromatic heterocycles. The van der Waals surface area contributed by atoms with Gasteiger partial charge in [0.1, 0.15) is 12.3 Å². The Morgan fingerprint density at radius 1 is 1.00 bits per heavy atom. The molecule has 0 bridgehead atoms. The van der Waals surface area contributed by atoms with Crippen molar-refractivity contribution in [2.24, 2.45) is 11.8 Å². The number of likely N-dealkylation sites (tertiary alicyclic amines) is 1. The number of ether oxygens (including phenoxy) is 1. The molecule has 2 aromatic carbocycles. The molecule has 1 amide bonds. The van der Waals surface area contributed by atoms with Crippen molar-refractivity contribution in [3.05, 3.63) is 42.5 Å². The minimum Gasteiger partial charge on any atom is -0.497 e. The lowest BCUT2D eigenvalue weighted by Crippen LogP contribution is -2.45. The summed E-state index contributed by atoms with van der Waals surface area (Å²) in [4.78, 5) is 15.4. The Balaban J connectivity index is 1.47. The zero-order chi connectivity index (χ0) is 19.1. The second-order valence-electron chi connectivity index (χ2n) is 8.42. The third-order valence-electron chi connectivity index (χ3n) is 6.92. The van der Waals surface area contributed by atoms with Crippen molar-refractivity contribution in [2.75, 3.05) is 20.2 Å². The summed E-state index contributed by atoms with van der Waals surface area (Å²) in [5.41, 5.74) is 2.19. The molecule has 0 N–H and O–H groups in total. The van der Waals surface area contributed by atoms with Gasteiger partial charge in [-0.1, -0.05) is 37.5 Å². The molecule has 146 valence electrons. The van der Waals surface area contributed by atoms with Crippen LogP contribution >= 0.6 is 0 Å². The number of para-hydroxylation sites is 1. The van der Waals surface area contributed by atoms with Crippen LogP contribution in [0, 0.1) is 11.8 Å². The molecule has 1 saturated heterocycles. The maximum absolute atomic E-state index is 13.3. The largest absolute Gasteiger partial charge is 0.497 e. The van der Waals surface area contributed by atoms with Gasteiger partial charge in [-0.05, 0) is 42.9 Å². The highest BCUT2D eigenvalue weighted by Gasteiger charge is 2.33. The standard InChI is InChI=1S/C24H28N2O2/c1-28-19-10-11-21-20-8-4-5-9-22(20)26(23(21)14-19)16-24(27)25-13-12-17-6-2-3-7-18(17)15-25/h4-5,8-11,14,17-18H,2-3,6-7,12-13,15-16H2,1H3/t17-,18-/m1/s1. The Bertz CT molecular complexity index is 1020. The van der Waals surface area contributed by atoms with Crippen LogP contribution in [0.25, 0.3) is 21.8 Å². The summed E-state index contributed by atoms with van der Waals surface area (Å²) in [5, 5.41) is 2.37. The van der Waals surface area contributed by atoms with Crippen molar-refractivity contribution in [2.45, 2.75) is 38.6 Å². The van der Waals surface area contributed by atoms with Gasteiger partial charge in [-0.15, -0.1) is 0 Å². The fourth-order valence-corrected chi connectivity index (χ4v) is 5.39. The van der Waals surface area contributed by atoms with Gasteiger partial charge < -0.3 is 14.2 Å². The molecule has 0 spiro atoms. The van der Waals surface area contributed by atoms with Gasteiger partial charge >= 0.3 is 0 Å². The number of methoxy groups -OCH3 is 1. The quantitative estimate of drug-likeness (QED) is 0.655. The molecule has 4 heteroatoms. The maximum Gasteiger partial charge on any atom is 0.242 e. The zero-order valence-electron chi connectivity index (χ0n) is 16.6. The number of hydrogen-bond acceptors (Lipinski definition) is 2. The van der Waals surface area contributed by atoms with Crippen LogP contribution in [-0.2, 0) is 11.3 Å². The van der Waals surface area contributed by atoms with Gasteiger partial charge in [-0.2, -0.15) is 0 Å². The third kappa shape index (κ3) is 2.95. The first-order valence-corrected chi connectivity index (χ1v) is 10.6. The van der Waals surface area contributed by atoms with Crippen molar-refractivity contribution in [3.63, 3.8) is 0 Å². The molecular formula is C24H28N2O2. The van der Waals surface area contributed by atoms with Crippen LogP contribution in [0.15, 0.2) is 42.5 Å². The van der Waals surface area contributed by atoms with Crippen LogP contribution in [0.3, 0.4) is 0 Å². The number of piperidine rings is 1. The summed E-state index contributed by atoms with van der Waals surface area (Å²) in [7, 11) is 1.69. The van der Waals surface area contributed by atoms with E-state index in [9.17, 15) is 4.79 Å². The Kier molecular flexibility index (Phi) is 4.50. The Morgan fingerprint density at radius 3 is 2.64 bits per heavy atom. The van der Waals surface area contributed by atoms with Gasteiger partial charge in [-0.3, -0.25) is 4.79 Å². The van der Waals surface area contributed by atoms with Crippen molar-refractivity contribution in [1.29, 1.82) is 0 Å². The molecule has 2 atom stereocenters. The summed E-state index contributed by atoms with van der Waals surface area (Å²) in [6.45, 7) is 2.26. The number of fused-ring (bicyclic) bond motifs is 4. The molecule has 4 nitrogen and oxygen atoms in total. The van der Waals surface area contributed by atoms with Gasteiger partial charge in [0.2, 0.25) is 5.91 Å². The number of rotatable bonds is 3. The van der Waals surface area contributed by atoms with Crippen LogP contribution in [0.2, 0.25) is 0 Å². The van der Waals surface area contributed by atoms with E-state index >= 15 is 0 Å². The predicted octanol–water partition coefficient (Wildman–Crippen LogP) is 4.84. The molecule has 1 aliphatic carbocycles. The van der Waals surface area contributed by atoms with Gasteiger partial charge in [-0.25, -0.2) is 0 Å². The molecule has 0 radical (unpaired) electrons. The van der Waals surface area contributed by atoms with E-state index < -0.39 is 0 Å². The average Bonchev–Trinajstić information content (AvgIpc) is 3.06. The van der Waals surface area contributed by atoms with Gasteiger partial charge in [0.15, 0.2) is 0 Å². The van der Waals surface area contributed by atoms with E-state index in [0.717, 1.165) is 35.8 Å². The molecule has 2 fully saturated rings. The average molecular weight is 377 g/mol. The van der Waals surface area contributed by atoms with Crippen LogP contribution in [0.4, 0.5) is 0 Å². The SMILES string of the molecule is COc1ccc2c3ccccc3n(CC(=O)N3CC[C@H]4CCCC[C@@H]4C3)c2c1. The minimum absolute atomic E-state index is 0.245. The maximum atomic E-state index is 13.3. The van der Waals surface area contributed by atoms with Crippen LogP contribution in [0.1, 0.15) is 32.1 Å². The number of carbonyl (C=O) groups is 1. The van der Waals surface area contributed by atoms with Crippen molar-refractivity contribution in [1.82, 2.24) is 9.47 Å². The van der Waals surface area contributed by atoms with Crippen molar-refractivity contribution in [3.8, 4) is 5.75 Å². The Labute approximate surface area is 166 Å². The molecule has 1 saturated carbocycles. The highest BCUT2D eigenvalue weighted by atomic mass is 16.5. The highest BCUT2D eigenvalue weighted by molar-refractivity contribution is 6.09. The van der Waals surface area contributed by atoms with E-state index in [1.165, 1.54) is 42.9 Å². The highest BCUT2D eigenvalue weighted by Crippen LogP contribution is 2.36. The number of amides is 1. The summed E-state index contributed by atoms with van der Waals surface area (Å²) in [5.74, 6) is 2.63. The summed E-state index contributed by atoms with van der Waals surface area (Å²) in [6.07, 6.45) is 6.53. The van der Waals surface area contributed by atoms with E-state index in [4.69, 9.17) is 4.74 Å². The number of hydrogen-bond donors (Lipinski definition) is 0. The lowest BCUT2D eigenvalue weighted by atomic mass is 9.75. The van der Waals surface area contributed by atoms with E-state index in [2.05, 4.69) is 39.8 Å². The first-order chi connectivity index (χ1) is 13.7. The normalized spacial score (nSPS) is 22.4. The lowest BCUT2D eigenvalue weighted by molar-refractivity contribution is -0.134. The van der Waals surface area contributed by atoms with E-state index in [1.54, 1.807) is 7.11 Å². The second kappa shape index (κ2) is 7.16. The van der Waals surface area contributed by atoms with Crippen LogP contribution in [-0.4, -0.2) is 35.6 Å². The van der Waals surface area contributed by atoms with E-state index in [-0.39, 0.29) is 5.91 Å². The molecule has 28 heavy (non-hydrogen) atoms. The third-order valence-corrected chi connectivity index (χ3v) is 6.92. The number of aromatic nitrogens is 1. The van der Waals surface area contributed by atoms with Crippen molar-refractivity contribution >= 4 is 27.7 Å². The van der Waals surface area contributed by atoms with E-state index in [1.807, 2.05) is 12.1 Å². The smallest absolute Gasteiger partial charge is 0.242 e. The Morgan fingerprint density at radius 2 is 1.79 bits per heavy atom. The first kappa shape index (κ1) is 17.6. The monoisotopic (exact) mass is 376 g/mol. The van der Waals surface area contributed by atoms with Crippen LogP contribution in [0.5, 0.6) is 5.75 Å². The summed E-state index contributed by atoms with van der Waals surface area (Å²) < 4.78 is 7.61. The van der Waals surface area contributed by atoms with Gasteiger partial charge in [0, 0.05) is 35.4 Å². The predicted molar refractivity (Wildman–Crippen MR) is 113 cm³/mol.